The van der Waals surface area contributed by atoms with Gasteiger partial charge in [0.1, 0.15) is 21.0 Å². The number of ether oxygens (including phenoxy) is 3. The standard InChI is InChI=1S/C24H24ClN3O4S/c1-24(2)8-17-16(11-32-24)15(9-25)19-20-21(33-22(19)27-17)23(29)28(12-26-20)10-13-5-6-14(30-3)7-18(13)31-4/h5-7,12H,8-11H2,1-4H3. The van der Waals surface area contributed by atoms with Crippen LogP contribution in [0.15, 0.2) is 29.3 Å². The van der Waals surface area contributed by atoms with Crippen molar-refractivity contribution in [3.63, 3.8) is 0 Å². The average Bonchev–Trinajstić information content (AvgIpc) is 3.17. The third-order valence-corrected chi connectivity index (χ3v) is 7.39. The highest BCUT2D eigenvalue weighted by Crippen LogP contribution is 2.39. The quantitative estimate of drug-likeness (QED) is 0.383. The summed E-state index contributed by atoms with van der Waals surface area (Å²) in [7, 11) is 3.20. The highest BCUT2D eigenvalue weighted by atomic mass is 35.5. The Kier molecular flexibility index (Phi) is 5.55. The number of hydrogen-bond donors (Lipinski definition) is 0. The van der Waals surface area contributed by atoms with Gasteiger partial charge in [-0.15, -0.1) is 22.9 Å². The average molecular weight is 486 g/mol. The first-order chi connectivity index (χ1) is 15.8. The van der Waals surface area contributed by atoms with E-state index in [1.165, 1.54) is 11.3 Å². The molecular weight excluding hydrogens is 462 g/mol. The molecule has 3 aromatic heterocycles. The predicted octanol–water partition coefficient (Wildman–Crippen LogP) is 4.66. The van der Waals surface area contributed by atoms with E-state index < -0.39 is 0 Å². The molecular formula is C24H24ClN3O4S. The number of rotatable bonds is 5. The number of thiophene rings is 1. The van der Waals surface area contributed by atoms with Crippen molar-refractivity contribution >= 4 is 43.4 Å². The molecule has 0 saturated carbocycles. The Bertz CT molecular complexity index is 1440. The topological polar surface area (TPSA) is 75.5 Å². The highest BCUT2D eigenvalue weighted by Gasteiger charge is 2.31. The van der Waals surface area contributed by atoms with Gasteiger partial charge in [-0.05, 0) is 31.5 Å². The van der Waals surface area contributed by atoms with Gasteiger partial charge >= 0.3 is 0 Å². The van der Waals surface area contributed by atoms with Crippen LogP contribution in [0.4, 0.5) is 0 Å². The summed E-state index contributed by atoms with van der Waals surface area (Å²) in [6.07, 6.45) is 2.28. The lowest BCUT2D eigenvalue weighted by Gasteiger charge is -2.32. The van der Waals surface area contributed by atoms with Crippen LogP contribution >= 0.6 is 22.9 Å². The zero-order chi connectivity index (χ0) is 23.3. The van der Waals surface area contributed by atoms with E-state index in [-0.39, 0.29) is 11.2 Å². The molecule has 5 rings (SSSR count). The van der Waals surface area contributed by atoms with Crippen LogP contribution in [0.3, 0.4) is 0 Å². The van der Waals surface area contributed by atoms with Gasteiger partial charge in [0, 0.05) is 34.9 Å². The van der Waals surface area contributed by atoms with E-state index in [1.807, 2.05) is 12.1 Å². The Morgan fingerprint density at radius 2 is 2.09 bits per heavy atom. The first-order valence-electron chi connectivity index (χ1n) is 10.6. The summed E-state index contributed by atoms with van der Waals surface area (Å²) in [6, 6.07) is 5.54. The van der Waals surface area contributed by atoms with Gasteiger partial charge in [-0.1, -0.05) is 0 Å². The summed E-state index contributed by atoms with van der Waals surface area (Å²) in [6.45, 7) is 4.90. The van der Waals surface area contributed by atoms with Crippen LogP contribution in [0, 0.1) is 0 Å². The van der Waals surface area contributed by atoms with Crippen molar-refractivity contribution in [1.29, 1.82) is 0 Å². The zero-order valence-electron chi connectivity index (χ0n) is 18.9. The lowest BCUT2D eigenvalue weighted by molar-refractivity contribution is -0.0414. The Labute approximate surface area is 199 Å². The number of pyridine rings is 1. The molecule has 172 valence electrons. The molecule has 0 saturated heterocycles. The van der Waals surface area contributed by atoms with Crippen molar-refractivity contribution in [2.45, 2.75) is 44.9 Å². The fraction of sp³-hybridized carbons (Fsp3) is 0.375. The third-order valence-electron chi connectivity index (χ3n) is 6.07. The van der Waals surface area contributed by atoms with Crippen LogP contribution in [0.5, 0.6) is 11.5 Å². The highest BCUT2D eigenvalue weighted by molar-refractivity contribution is 7.25. The SMILES string of the molecule is COc1ccc(Cn2cnc3c(sc4nc5c(c(CCl)c43)COC(C)(C)C5)c2=O)c(OC)c1. The molecule has 7 nitrogen and oxygen atoms in total. The van der Waals surface area contributed by atoms with Crippen LogP contribution in [-0.4, -0.2) is 34.4 Å². The Morgan fingerprint density at radius 3 is 2.82 bits per heavy atom. The van der Waals surface area contributed by atoms with Gasteiger partial charge in [0.15, 0.2) is 0 Å². The maximum absolute atomic E-state index is 13.4. The molecule has 1 aliphatic heterocycles. The van der Waals surface area contributed by atoms with Crippen LogP contribution < -0.4 is 15.0 Å². The summed E-state index contributed by atoms with van der Waals surface area (Å²) >= 11 is 7.77. The second kappa shape index (κ2) is 8.27. The van der Waals surface area contributed by atoms with Gasteiger partial charge in [-0.25, -0.2) is 9.97 Å². The number of fused-ring (bicyclic) bond motifs is 4. The Morgan fingerprint density at radius 1 is 1.27 bits per heavy atom. The van der Waals surface area contributed by atoms with E-state index in [4.69, 9.17) is 30.8 Å². The zero-order valence-corrected chi connectivity index (χ0v) is 20.5. The van der Waals surface area contributed by atoms with E-state index in [1.54, 1.807) is 31.2 Å². The molecule has 0 atom stereocenters. The minimum Gasteiger partial charge on any atom is -0.497 e. The number of methoxy groups -OCH3 is 2. The number of benzene rings is 1. The molecule has 4 aromatic rings. The first kappa shape index (κ1) is 22.1. The lowest BCUT2D eigenvalue weighted by Crippen LogP contribution is -2.33. The summed E-state index contributed by atoms with van der Waals surface area (Å²) in [5, 5.41) is 0.860. The van der Waals surface area contributed by atoms with E-state index in [0.717, 1.165) is 32.6 Å². The summed E-state index contributed by atoms with van der Waals surface area (Å²) < 4.78 is 18.9. The maximum atomic E-state index is 13.4. The lowest BCUT2D eigenvalue weighted by atomic mass is 9.93. The van der Waals surface area contributed by atoms with Crippen molar-refractivity contribution in [2.24, 2.45) is 0 Å². The van der Waals surface area contributed by atoms with Gasteiger partial charge < -0.3 is 14.2 Å². The smallest absolute Gasteiger partial charge is 0.271 e. The Balaban J connectivity index is 1.65. The van der Waals surface area contributed by atoms with Gasteiger partial charge in [0.25, 0.3) is 5.56 Å². The monoisotopic (exact) mass is 485 g/mol. The first-order valence-corrected chi connectivity index (χ1v) is 11.9. The fourth-order valence-corrected chi connectivity index (χ4v) is 5.74. The van der Waals surface area contributed by atoms with Crippen molar-refractivity contribution in [3.05, 3.63) is 57.3 Å². The van der Waals surface area contributed by atoms with E-state index >= 15 is 0 Å². The molecule has 4 heterocycles. The van der Waals surface area contributed by atoms with Gasteiger partial charge in [0.2, 0.25) is 0 Å². The number of alkyl halides is 1. The van der Waals surface area contributed by atoms with E-state index in [0.29, 0.717) is 47.2 Å². The number of aromatic nitrogens is 3. The molecule has 0 amide bonds. The molecule has 1 aliphatic rings. The molecule has 0 spiro atoms. The number of halogens is 1. The van der Waals surface area contributed by atoms with Crippen LogP contribution in [0.2, 0.25) is 0 Å². The van der Waals surface area contributed by atoms with Crippen LogP contribution in [0.1, 0.15) is 36.2 Å². The Hall–Kier alpha value is -2.68. The third kappa shape index (κ3) is 3.76. The minimum absolute atomic E-state index is 0.115. The van der Waals surface area contributed by atoms with E-state index in [2.05, 4.69) is 18.8 Å². The number of nitrogens with zero attached hydrogens (tertiary/aromatic N) is 3. The molecule has 1 aromatic carbocycles. The van der Waals surface area contributed by atoms with Crippen molar-refractivity contribution in [1.82, 2.24) is 14.5 Å². The van der Waals surface area contributed by atoms with Crippen LogP contribution in [-0.2, 0) is 30.2 Å². The second-order valence-electron chi connectivity index (χ2n) is 8.69. The molecule has 33 heavy (non-hydrogen) atoms. The molecule has 0 unspecified atom stereocenters. The molecule has 0 bridgehead atoms. The fourth-order valence-electron chi connectivity index (χ4n) is 4.32. The summed E-state index contributed by atoms with van der Waals surface area (Å²) in [5.41, 5.74) is 4.08. The summed E-state index contributed by atoms with van der Waals surface area (Å²) in [4.78, 5) is 23.8. The molecule has 0 aliphatic carbocycles. The molecule has 0 radical (unpaired) electrons. The van der Waals surface area contributed by atoms with E-state index in [9.17, 15) is 4.79 Å². The summed E-state index contributed by atoms with van der Waals surface area (Å²) in [5.74, 6) is 1.65. The van der Waals surface area contributed by atoms with Gasteiger partial charge in [0.05, 0.1) is 50.5 Å². The minimum atomic E-state index is -0.281. The van der Waals surface area contributed by atoms with Gasteiger partial charge in [-0.2, -0.15) is 0 Å². The van der Waals surface area contributed by atoms with Crippen molar-refractivity contribution in [3.8, 4) is 11.5 Å². The molecule has 0 fully saturated rings. The maximum Gasteiger partial charge on any atom is 0.271 e. The molecule has 9 heteroatoms. The normalized spacial score (nSPS) is 15.1. The van der Waals surface area contributed by atoms with Gasteiger partial charge in [-0.3, -0.25) is 9.36 Å². The van der Waals surface area contributed by atoms with Crippen molar-refractivity contribution < 1.29 is 14.2 Å². The number of hydrogen-bond acceptors (Lipinski definition) is 7. The predicted molar refractivity (Wildman–Crippen MR) is 130 cm³/mol. The largest absolute Gasteiger partial charge is 0.497 e. The van der Waals surface area contributed by atoms with Crippen LogP contribution in [0.25, 0.3) is 20.4 Å². The van der Waals surface area contributed by atoms with Crippen molar-refractivity contribution in [2.75, 3.05) is 14.2 Å². The second-order valence-corrected chi connectivity index (χ2v) is 9.96. The molecule has 0 N–H and O–H groups in total.